The molecular formula is C52H59BrF2N11O4P. The van der Waals surface area contributed by atoms with Crippen molar-refractivity contribution in [3.05, 3.63) is 100 Å². The van der Waals surface area contributed by atoms with Crippen LogP contribution in [-0.4, -0.2) is 118 Å². The van der Waals surface area contributed by atoms with Crippen LogP contribution in [0.25, 0.3) is 22.0 Å². The lowest BCUT2D eigenvalue weighted by molar-refractivity contribution is -0.134. The fourth-order valence-electron chi connectivity index (χ4n) is 10.4. The fraction of sp³-hybridized carbons (Fsp3) is 0.423. The van der Waals surface area contributed by atoms with Crippen molar-refractivity contribution in [3.63, 3.8) is 0 Å². The maximum absolute atomic E-state index is 15.2. The summed E-state index contributed by atoms with van der Waals surface area (Å²) in [5, 5.41) is 15.3. The van der Waals surface area contributed by atoms with Crippen molar-refractivity contribution in [1.29, 1.82) is 0 Å². The zero-order valence-electron chi connectivity index (χ0n) is 40.5. The predicted molar refractivity (Wildman–Crippen MR) is 277 cm³/mol. The normalized spacial score (nSPS) is 18.7. The Morgan fingerprint density at radius 1 is 0.887 bits per heavy atom. The molecule has 0 bridgehead atoms. The number of piperazine rings is 1. The fourth-order valence-corrected chi connectivity index (χ4v) is 12.2. The first-order valence-corrected chi connectivity index (χ1v) is 27.9. The Labute approximate surface area is 420 Å². The number of halogens is 3. The SMILES string of the molecule is Cc1ccc2c(P(C)(C)=O)c(Nc3nc(Nc4cc(-c5cnn(C)c5)c(N5CCC(N6CCN(CCc7cc(F)c([C@H]8CCC(=O)NC8=O)c(F)c7)CC6)CC5)cc4OC4CCC4)ncc3Br)ccc2n1. The van der Waals surface area contributed by atoms with E-state index in [0.717, 1.165) is 116 Å². The Morgan fingerprint density at radius 2 is 1.65 bits per heavy atom. The van der Waals surface area contributed by atoms with E-state index in [1.165, 1.54) is 12.1 Å². The Balaban J connectivity index is 0.827. The Kier molecular flexibility index (Phi) is 14.0. The third kappa shape index (κ3) is 10.7. The number of rotatable bonds is 14. The van der Waals surface area contributed by atoms with Crippen LogP contribution in [0.5, 0.6) is 5.75 Å². The van der Waals surface area contributed by atoms with E-state index in [0.29, 0.717) is 51.8 Å². The Morgan fingerprint density at radius 3 is 2.32 bits per heavy atom. The number of aromatic nitrogens is 5. The maximum atomic E-state index is 15.2. The van der Waals surface area contributed by atoms with Crippen LogP contribution in [0, 0.1) is 18.6 Å². The van der Waals surface area contributed by atoms with Crippen LogP contribution in [0.1, 0.15) is 67.7 Å². The number of hydrogen-bond donors (Lipinski definition) is 3. The molecule has 0 spiro atoms. The highest BCUT2D eigenvalue weighted by atomic mass is 79.9. The quantitative estimate of drug-likeness (QED) is 0.0702. The van der Waals surface area contributed by atoms with Crippen molar-refractivity contribution in [2.24, 2.45) is 7.05 Å². The van der Waals surface area contributed by atoms with Crippen LogP contribution >= 0.6 is 23.1 Å². The van der Waals surface area contributed by atoms with E-state index in [4.69, 9.17) is 14.7 Å². The van der Waals surface area contributed by atoms with Crippen LogP contribution < -0.4 is 30.9 Å². The van der Waals surface area contributed by atoms with E-state index in [2.05, 4.69) is 68.8 Å². The molecule has 15 nitrogen and oxygen atoms in total. The first-order chi connectivity index (χ1) is 34.1. The minimum atomic E-state index is -2.78. The molecule has 3 aromatic heterocycles. The van der Waals surface area contributed by atoms with Crippen molar-refractivity contribution in [2.75, 3.05) is 74.7 Å². The summed E-state index contributed by atoms with van der Waals surface area (Å²) in [5.74, 6) is -1.95. The molecule has 372 valence electrons. The Bertz CT molecular complexity index is 3030. The van der Waals surface area contributed by atoms with Gasteiger partial charge in [-0.3, -0.25) is 29.5 Å². The zero-order chi connectivity index (χ0) is 49.6. The van der Waals surface area contributed by atoms with Crippen molar-refractivity contribution in [2.45, 2.75) is 76.4 Å². The van der Waals surface area contributed by atoms with Gasteiger partial charge in [0, 0.05) is 123 Å². The number of carbonyl (C=O) groups excluding carboxylic acids is 2. The summed E-state index contributed by atoms with van der Waals surface area (Å²) in [7, 11) is -0.857. The standard InChI is InChI=1S/C52H59BrF2N11O4P/c1-31-8-9-36-42(58-31)11-12-43(49(36)71(3,4)69)59-50-39(53)29-56-52(62-50)60-44-26-38(33-28-57-63(2)30-33)45(27-46(44)70-35-6-5-7-35)66-18-15-34(16-19-66)65-22-20-64(21-23-65)17-14-32-24-40(54)48(41(55)25-32)37-10-13-47(67)61-51(37)68/h8-9,11-12,24-30,34-35,37H,5-7,10,13-23H2,1-4H3,(H,61,67,68)(H2,56,59,60,62)/t37-/m1/s1. The molecule has 2 amide bonds. The van der Waals surface area contributed by atoms with Gasteiger partial charge in [0.05, 0.1) is 39.6 Å². The van der Waals surface area contributed by atoms with Gasteiger partial charge < -0.3 is 29.7 Å². The number of ether oxygens (including phenoxy) is 1. The molecule has 1 atom stereocenters. The van der Waals surface area contributed by atoms with E-state index in [-0.39, 0.29) is 24.5 Å². The van der Waals surface area contributed by atoms with Crippen molar-refractivity contribution in [1.82, 2.24) is 39.8 Å². The second-order valence-corrected chi connectivity index (χ2v) is 23.7. The number of piperidine rings is 2. The number of carbonyl (C=O) groups is 2. The highest BCUT2D eigenvalue weighted by molar-refractivity contribution is 9.10. The minimum Gasteiger partial charge on any atom is -0.488 e. The molecule has 71 heavy (non-hydrogen) atoms. The van der Waals surface area contributed by atoms with Gasteiger partial charge in [-0.1, -0.05) is 6.07 Å². The number of anilines is 5. The molecule has 6 heterocycles. The number of nitrogens with zero attached hydrogens (tertiary/aromatic N) is 8. The van der Waals surface area contributed by atoms with Crippen LogP contribution in [0.2, 0.25) is 0 Å². The second kappa shape index (κ2) is 20.4. The van der Waals surface area contributed by atoms with E-state index in [1.807, 2.05) is 55.3 Å². The molecular weight excluding hydrogens is 992 g/mol. The lowest BCUT2D eigenvalue weighted by Gasteiger charge is -2.43. The van der Waals surface area contributed by atoms with Crippen molar-refractivity contribution < 1.29 is 27.7 Å². The van der Waals surface area contributed by atoms with E-state index < -0.39 is 36.5 Å². The van der Waals surface area contributed by atoms with Crippen molar-refractivity contribution in [3.8, 4) is 16.9 Å². The second-order valence-electron chi connectivity index (χ2n) is 19.7. The molecule has 1 aliphatic carbocycles. The molecule has 1 saturated carbocycles. The van der Waals surface area contributed by atoms with Gasteiger partial charge in [-0.15, -0.1) is 0 Å². The molecule has 10 rings (SSSR count). The first kappa shape index (κ1) is 48.8. The zero-order valence-corrected chi connectivity index (χ0v) is 43.0. The van der Waals surface area contributed by atoms with Gasteiger partial charge in [-0.25, -0.2) is 13.8 Å². The molecule has 4 fully saturated rings. The van der Waals surface area contributed by atoms with E-state index in [9.17, 15) is 14.2 Å². The number of pyridine rings is 1. The predicted octanol–water partition coefficient (Wildman–Crippen LogP) is 8.79. The summed E-state index contributed by atoms with van der Waals surface area (Å²) < 4.78 is 53.5. The number of nitrogens with one attached hydrogen (secondary N) is 3. The third-order valence-electron chi connectivity index (χ3n) is 14.4. The molecule has 19 heteroatoms. The smallest absolute Gasteiger partial charge is 0.234 e. The summed E-state index contributed by atoms with van der Waals surface area (Å²) in [5.41, 5.74) is 6.46. The number of aryl methyl sites for hydroxylation is 2. The van der Waals surface area contributed by atoms with Crippen LogP contribution in [0.4, 0.5) is 37.6 Å². The van der Waals surface area contributed by atoms with Gasteiger partial charge in [0.15, 0.2) is 0 Å². The van der Waals surface area contributed by atoms with E-state index in [1.54, 1.807) is 19.5 Å². The molecule has 6 aromatic rings. The summed E-state index contributed by atoms with van der Waals surface area (Å²) >= 11 is 3.66. The topological polar surface area (TPSA) is 163 Å². The molecule has 0 radical (unpaired) electrons. The monoisotopic (exact) mass is 1050 g/mol. The maximum Gasteiger partial charge on any atom is 0.234 e. The van der Waals surface area contributed by atoms with Gasteiger partial charge >= 0.3 is 0 Å². The first-order valence-electron chi connectivity index (χ1n) is 24.5. The number of amides is 2. The molecule has 0 unspecified atom stereocenters. The van der Waals surface area contributed by atoms with Crippen molar-refractivity contribution >= 4 is 79.9 Å². The highest BCUT2D eigenvalue weighted by Crippen LogP contribution is 2.45. The molecule has 3 aliphatic heterocycles. The average molecular weight is 1050 g/mol. The molecule has 3 saturated heterocycles. The summed E-state index contributed by atoms with van der Waals surface area (Å²) in [6, 6.07) is 15.2. The van der Waals surface area contributed by atoms with Gasteiger partial charge in [0.2, 0.25) is 17.8 Å². The lowest BCUT2D eigenvalue weighted by Crippen LogP contribution is -2.53. The average Bonchev–Trinajstić information content (AvgIpc) is 3.76. The summed E-state index contributed by atoms with van der Waals surface area (Å²) in [6.07, 6.45) is 11.5. The minimum absolute atomic E-state index is 0.0592. The van der Waals surface area contributed by atoms with Gasteiger partial charge in [0.25, 0.3) is 0 Å². The number of benzene rings is 3. The third-order valence-corrected chi connectivity index (χ3v) is 16.5. The highest BCUT2D eigenvalue weighted by Gasteiger charge is 2.34. The van der Waals surface area contributed by atoms with Gasteiger partial charge in [0.1, 0.15) is 30.3 Å². The molecule has 3 N–H and O–H groups in total. The van der Waals surface area contributed by atoms with Crippen LogP contribution in [0.3, 0.4) is 0 Å². The Hall–Kier alpha value is -5.81. The lowest BCUT2D eigenvalue weighted by atomic mass is 9.89. The van der Waals surface area contributed by atoms with Gasteiger partial charge in [-0.2, -0.15) is 10.1 Å². The number of hydrogen-bond acceptors (Lipinski definition) is 13. The van der Waals surface area contributed by atoms with Gasteiger partial charge in [-0.05, 0) is 123 Å². The largest absolute Gasteiger partial charge is 0.488 e. The molecule has 4 aliphatic rings. The number of fused-ring (bicyclic) bond motifs is 1. The van der Waals surface area contributed by atoms with E-state index >= 15 is 8.78 Å². The molecule has 3 aromatic carbocycles. The van der Waals surface area contributed by atoms with Crippen LogP contribution in [0.15, 0.2) is 71.6 Å². The summed E-state index contributed by atoms with van der Waals surface area (Å²) in [6.45, 7) is 11.4. The number of imide groups is 1. The van der Waals surface area contributed by atoms with Crippen LogP contribution in [-0.2, 0) is 27.6 Å². The summed E-state index contributed by atoms with van der Waals surface area (Å²) in [4.78, 5) is 45.6.